The van der Waals surface area contributed by atoms with Crippen LogP contribution in [-0.4, -0.2) is 35.1 Å². The summed E-state index contributed by atoms with van der Waals surface area (Å²) in [6.45, 7) is 2.23. The van der Waals surface area contributed by atoms with Crippen LogP contribution in [0.2, 0.25) is 0 Å². The van der Waals surface area contributed by atoms with E-state index in [1.54, 1.807) is 23.1 Å². The van der Waals surface area contributed by atoms with Crippen molar-refractivity contribution in [2.45, 2.75) is 38.1 Å². The van der Waals surface area contributed by atoms with Crippen LogP contribution in [0.1, 0.15) is 37.7 Å². The zero-order valence-electron chi connectivity index (χ0n) is 11.2. The number of hydrogen-bond acceptors (Lipinski definition) is 2. The fourth-order valence-corrected chi connectivity index (χ4v) is 2.37. The topological polar surface area (TPSA) is 40.5 Å². The Labute approximate surface area is 113 Å². The molecule has 0 radical (unpaired) electrons. The van der Waals surface area contributed by atoms with Crippen molar-refractivity contribution >= 4 is 5.91 Å². The van der Waals surface area contributed by atoms with E-state index >= 15 is 0 Å². The van der Waals surface area contributed by atoms with Gasteiger partial charge in [0.15, 0.2) is 0 Å². The highest BCUT2D eigenvalue weighted by atomic mass is 19.1. The van der Waals surface area contributed by atoms with E-state index in [-0.39, 0.29) is 36.7 Å². The maximum absolute atomic E-state index is 13.6. The SMILES string of the molecule is CC(CC(=O)N(CCO)C1CC1)c1ccccc1F. The molecule has 1 saturated carbocycles. The second kappa shape index (κ2) is 6.15. The summed E-state index contributed by atoms with van der Waals surface area (Å²) < 4.78 is 13.6. The van der Waals surface area contributed by atoms with Crippen LogP contribution in [-0.2, 0) is 4.79 Å². The molecule has 1 aliphatic carbocycles. The molecule has 0 bridgehead atoms. The van der Waals surface area contributed by atoms with Crippen molar-refractivity contribution in [2.75, 3.05) is 13.2 Å². The van der Waals surface area contributed by atoms with E-state index in [4.69, 9.17) is 5.11 Å². The minimum absolute atomic E-state index is 0.00676. The molecule has 1 N–H and O–H groups in total. The molecule has 1 aromatic carbocycles. The Morgan fingerprint density at radius 1 is 1.47 bits per heavy atom. The average molecular weight is 265 g/mol. The highest BCUT2D eigenvalue weighted by Crippen LogP contribution is 2.29. The monoisotopic (exact) mass is 265 g/mol. The van der Waals surface area contributed by atoms with E-state index < -0.39 is 0 Å². The first-order valence-corrected chi connectivity index (χ1v) is 6.78. The highest BCUT2D eigenvalue weighted by Gasteiger charge is 2.32. The molecule has 0 aliphatic heterocycles. The maximum atomic E-state index is 13.6. The summed E-state index contributed by atoms with van der Waals surface area (Å²) in [5, 5.41) is 9.00. The van der Waals surface area contributed by atoms with Gasteiger partial charge in [0.1, 0.15) is 5.82 Å². The summed E-state index contributed by atoms with van der Waals surface area (Å²) in [5.41, 5.74) is 0.579. The summed E-state index contributed by atoms with van der Waals surface area (Å²) in [6.07, 6.45) is 2.32. The van der Waals surface area contributed by atoms with E-state index in [0.717, 1.165) is 12.8 Å². The number of halogens is 1. The number of aliphatic hydroxyl groups is 1. The Morgan fingerprint density at radius 3 is 2.74 bits per heavy atom. The van der Waals surface area contributed by atoms with E-state index in [2.05, 4.69) is 0 Å². The normalized spacial score (nSPS) is 16.2. The fourth-order valence-electron chi connectivity index (χ4n) is 2.37. The van der Waals surface area contributed by atoms with Crippen molar-refractivity contribution < 1.29 is 14.3 Å². The van der Waals surface area contributed by atoms with Crippen LogP contribution in [0.4, 0.5) is 4.39 Å². The predicted molar refractivity (Wildman–Crippen MR) is 71.3 cm³/mol. The molecule has 0 aromatic heterocycles. The molecule has 0 spiro atoms. The van der Waals surface area contributed by atoms with Gasteiger partial charge in [-0.2, -0.15) is 0 Å². The highest BCUT2D eigenvalue weighted by molar-refractivity contribution is 5.77. The van der Waals surface area contributed by atoms with Gasteiger partial charge < -0.3 is 10.0 Å². The lowest BCUT2D eigenvalue weighted by atomic mass is 9.96. The molecule has 4 heteroatoms. The van der Waals surface area contributed by atoms with Crippen LogP contribution in [0.5, 0.6) is 0 Å². The Bertz CT molecular complexity index is 446. The summed E-state index contributed by atoms with van der Waals surface area (Å²) in [6, 6.07) is 6.86. The quantitative estimate of drug-likeness (QED) is 0.857. The van der Waals surface area contributed by atoms with Gasteiger partial charge >= 0.3 is 0 Å². The van der Waals surface area contributed by atoms with Crippen molar-refractivity contribution in [1.82, 2.24) is 4.90 Å². The van der Waals surface area contributed by atoms with E-state index in [9.17, 15) is 9.18 Å². The first kappa shape index (κ1) is 14.0. The van der Waals surface area contributed by atoms with Crippen LogP contribution in [0, 0.1) is 5.82 Å². The van der Waals surface area contributed by atoms with Gasteiger partial charge in [-0.1, -0.05) is 25.1 Å². The lowest BCUT2D eigenvalue weighted by Crippen LogP contribution is -2.36. The molecular weight excluding hydrogens is 245 g/mol. The molecule has 1 aliphatic rings. The van der Waals surface area contributed by atoms with E-state index in [0.29, 0.717) is 12.1 Å². The summed E-state index contributed by atoms with van der Waals surface area (Å²) in [7, 11) is 0. The summed E-state index contributed by atoms with van der Waals surface area (Å²) >= 11 is 0. The van der Waals surface area contributed by atoms with Gasteiger partial charge in [-0.3, -0.25) is 4.79 Å². The largest absolute Gasteiger partial charge is 0.395 e. The van der Waals surface area contributed by atoms with E-state index in [1.807, 2.05) is 6.92 Å². The molecule has 1 atom stereocenters. The Morgan fingerprint density at radius 2 is 2.16 bits per heavy atom. The number of carbonyl (C=O) groups excluding carboxylic acids is 1. The van der Waals surface area contributed by atoms with Crippen molar-refractivity contribution in [3.63, 3.8) is 0 Å². The second-order valence-corrected chi connectivity index (χ2v) is 5.17. The predicted octanol–water partition coefficient (Wildman–Crippen LogP) is 2.30. The lowest BCUT2D eigenvalue weighted by molar-refractivity contribution is -0.132. The van der Waals surface area contributed by atoms with Gasteiger partial charge in [-0.05, 0) is 30.4 Å². The van der Waals surface area contributed by atoms with Gasteiger partial charge in [-0.25, -0.2) is 4.39 Å². The molecule has 0 heterocycles. The minimum Gasteiger partial charge on any atom is -0.395 e. The number of amides is 1. The van der Waals surface area contributed by atoms with Crippen molar-refractivity contribution in [3.8, 4) is 0 Å². The average Bonchev–Trinajstić information content (AvgIpc) is 3.20. The Kier molecular flexibility index (Phi) is 4.53. The number of aliphatic hydroxyl groups excluding tert-OH is 1. The van der Waals surface area contributed by atoms with E-state index in [1.165, 1.54) is 6.07 Å². The maximum Gasteiger partial charge on any atom is 0.223 e. The molecule has 1 aromatic rings. The summed E-state index contributed by atoms with van der Waals surface area (Å²) in [4.78, 5) is 13.9. The third-order valence-electron chi connectivity index (χ3n) is 3.57. The Hall–Kier alpha value is -1.42. The van der Waals surface area contributed by atoms with Crippen molar-refractivity contribution in [2.24, 2.45) is 0 Å². The van der Waals surface area contributed by atoms with Gasteiger partial charge in [0, 0.05) is 19.0 Å². The molecule has 1 amide bonds. The molecule has 1 unspecified atom stereocenters. The number of nitrogens with zero attached hydrogens (tertiary/aromatic N) is 1. The third kappa shape index (κ3) is 3.53. The van der Waals surface area contributed by atoms with Gasteiger partial charge in [-0.15, -0.1) is 0 Å². The van der Waals surface area contributed by atoms with Gasteiger partial charge in [0.2, 0.25) is 5.91 Å². The van der Waals surface area contributed by atoms with Crippen LogP contribution in [0.3, 0.4) is 0 Å². The molecule has 19 heavy (non-hydrogen) atoms. The molecule has 2 rings (SSSR count). The molecule has 3 nitrogen and oxygen atoms in total. The van der Waals surface area contributed by atoms with Gasteiger partial charge in [0.25, 0.3) is 0 Å². The number of rotatable bonds is 6. The van der Waals surface area contributed by atoms with Crippen LogP contribution >= 0.6 is 0 Å². The van der Waals surface area contributed by atoms with Crippen molar-refractivity contribution in [3.05, 3.63) is 35.6 Å². The van der Waals surface area contributed by atoms with Crippen LogP contribution < -0.4 is 0 Å². The molecular formula is C15H20FNO2. The first-order chi connectivity index (χ1) is 9.13. The third-order valence-corrected chi connectivity index (χ3v) is 3.57. The van der Waals surface area contributed by atoms with Gasteiger partial charge in [0.05, 0.1) is 6.61 Å². The molecule has 0 saturated heterocycles. The second-order valence-electron chi connectivity index (χ2n) is 5.17. The number of hydrogen-bond donors (Lipinski definition) is 1. The van der Waals surface area contributed by atoms with Crippen LogP contribution in [0.15, 0.2) is 24.3 Å². The summed E-state index contributed by atoms with van der Waals surface area (Å²) in [5.74, 6) is -0.399. The smallest absolute Gasteiger partial charge is 0.223 e. The molecule has 104 valence electrons. The number of carbonyl (C=O) groups is 1. The first-order valence-electron chi connectivity index (χ1n) is 6.78. The minimum atomic E-state index is -0.261. The number of benzene rings is 1. The lowest BCUT2D eigenvalue weighted by Gasteiger charge is -2.23. The standard InChI is InChI=1S/C15H20FNO2/c1-11(13-4-2-3-5-14(13)16)10-15(19)17(8-9-18)12-6-7-12/h2-5,11-12,18H,6-10H2,1H3. The zero-order chi connectivity index (χ0) is 13.8. The van der Waals surface area contributed by atoms with Crippen molar-refractivity contribution in [1.29, 1.82) is 0 Å². The van der Waals surface area contributed by atoms with Crippen LogP contribution in [0.25, 0.3) is 0 Å². The Balaban J connectivity index is 1.99. The fraction of sp³-hybridized carbons (Fsp3) is 0.533. The zero-order valence-corrected chi connectivity index (χ0v) is 11.2. The molecule has 1 fully saturated rings.